The summed E-state index contributed by atoms with van der Waals surface area (Å²) in [5.41, 5.74) is 2.30. The monoisotopic (exact) mass is 308 g/mol. The molecule has 0 saturated carbocycles. The zero-order valence-electron chi connectivity index (χ0n) is 13.9. The molecule has 3 heteroatoms. The summed E-state index contributed by atoms with van der Waals surface area (Å²) in [4.78, 5) is 0. The van der Waals surface area contributed by atoms with Crippen LogP contribution in [0.4, 0.5) is 0 Å². The second-order valence-electron chi connectivity index (χ2n) is 5.99. The van der Waals surface area contributed by atoms with Gasteiger partial charge in [-0.1, -0.05) is 44.2 Å². The zero-order chi connectivity index (χ0) is 16.2. The topological polar surface area (TPSA) is 23.4 Å². The minimum Gasteiger partial charge on any atom is -0.493 e. The van der Waals surface area contributed by atoms with E-state index in [0.29, 0.717) is 6.61 Å². The number of aromatic nitrogens is 1. The second kappa shape index (κ2) is 6.78. The lowest BCUT2D eigenvalue weighted by Gasteiger charge is -2.13. The van der Waals surface area contributed by atoms with Gasteiger partial charge in [-0.3, -0.25) is 0 Å². The van der Waals surface area contributed by atoms with Crippen LogP contribution in [0.15, 0.2) is 54.7 Å². The van der Waals surface area contributed by atoms with Gasteiger partial charge < -0.3 is 14.0 Å². The molecule has 0 atom stereocenters. The molecular weight excluding hydrogens is 286 g/mol. The molecule has 3 aromatic rings. The van der Waals surface area contributed by atoms with Crippen molar-refractivity contribution < 1.29 is 9.47 Å². The summed E-state index contributed by atoms with van der Waals surface area (Å²) in [5.74, 6) is 2.91. The number of ether oxygens (including phenoxy) is 2. The lowest BCUT2D eigenvalue weighted by atomic mass is 10.2. The van der Waals surface area contributed by atoms with E-state index in [1.807, 2.05) is 18.2 Å². The molecule has 0 fully saturated rings. The fourth-order valence-electron chi connectivity index (χ4n) is 2.68. The first kappa shape index (κ1) is 15.5. The lowest BCUT2D eigenvalue weighted by molar-refractivity contribution is 0.285. The van der Waals surface area contributed by atoms with Crippen LogP contribution in [-0.2, 0) is 13.2 Å². The lowest BCUT2D eigenvalue weighted by Crippen LogP contribution is -2.02. The fraction of sp³-hybridized carbons (Fsp3) is 0.250. The van der Waals surface area contributed by atoms with Gasteiger partial charge in [-0.25, -0.2) is 0 Å². The van der Waals surface area contributed by atoms with Crippen molar-refractivity contribution >= 4 is 10.9 Å². The summed E-state index contributed by atoms with van der Waals surface area (Å²) in [5, 5.41) is 1.16. The van der Waals surface area contributed by atoms with Gasteiger partial charge >= 0.3 is 0 Å². The maximum Gasteiger partial charge on any atom is 0.162 e. The van der Waals surface area contributed by atoms with Gasteiger partial charge in [0.1, 0.15) is 6.61 Å². The van der Waals surface area contributed by atoms with Crippen LogP contribution in [0, 0.1) is 5.92 Å². The van der Waals surface area contributed by atoms with E-state index in [1.54, 1.807) is 7.11 Å². The van der Waals surface area contributed by atoms with Crippen molar-refractivity contribution in [2.75, 3.05) is 7.11 Å². The minimum absolute atomic E-state index is 0.533. The van der Waals surface area contributed by atoms with E-state index < -0.39 is 0 Å². The number of hydrogen-bond donors (Lipinski definition) is 0. The van der Waals surface area contributed by atoms with E-state index >= 15 is 0 Å². The molecule has 0 aliphatic rings. The molecule has 0 saturated heterocycles. The van der Waals surface area contributed by atoms with Gasteiger partial charge in [0, 0.05) is 24.2 Å². The Morgan fingerprint density at radius 3 is 2.48 bits per heavy atom. The van der Waals surface area contributed by atoms with Crippen molar-refractivity contribution in [2.45, 2.75) is 27.0 Å². The maximum absolute atomic E-state index is 5.97. The summed E-state index contributed by atoms with van der Waals surface area (Å²) in [6.45, 7) is 5.73. The summed E-state index contributed by atoms with van der Waals surface area (Å²) in [7, 11) is 1.68. The zero-order valence-corrected chi connectivity index (χ0v) is 13.9. The van der Waals surface area contributed by atoms with E-state index in [9.17, 15) is 0 Å². The number of methoxy groups -OCH3 is 1. The van der Waals surface area contributed by atoms with E-state index in [-0.39, 0.29) is 0 Å². The predicted octanol–water partition coefficient (Wildman–Crippen LogP) is 4.84. The third-order valence-corrected chi connectivity index (χ3v) is 3.78. The van der Waals surface area contributed by atoms with Crippen molar-refractivity contribution in [3.8, 4) is 11.5 Å². The molecule has 0 amide bonds. The predicted molar refractivity (Wildman–Crippen MR) is 93.9 cm³/mol. The number of nitrogens with zero attached hydrogens (tertiary/aromatic N) is 1. The number of rotatable bonds is 6. The molecule has 0 bridgehead atoms. The van der Waals surface area contributed by atoms with Crippen LogP contribution in [0.2, 0.25) is 0 Å². The van der Waals surface area contributed by atoms with Crippen molar-refractivity contribution in [2.24, 2.45) is 0 Å². The molecule has 3 rings (SSSR count). The molecule has 3 nitrogen and oxygen atoms in total. The van der Waals surface area contributed by atoms with Crippen LogP contribution < -0.4 is 9.47 Å². The highest BCUT2D eigenvalue weighted by atomic mass is 16.5. The highest BCUT2D eigenvalue weighted by molar-refractivity contribution is 5.84. The van der Waals surface area contributed by atoms with Gasteiger partial charge in [0.15, 0.2) is 11.5 Å². The average Bonchev–Trinajstić information content (AvgIpc) is 2.94. The molecule has 0 unspecified atom stereocenters. The number of fused-ring (bicyclic) bond motifs is 1. The number of benzene rings is 2. The van der Waals surface area contributed by atoms with Crippen molar-refractivity contribution in [1.29, 1.82) is 0 Å². The van der Waals surface area contributed by atoms with Gasteiger partial charge in [-0.2, -0.15) is 0 Å². The second-order valence-corrected chi connectivity index (χ2v) is 5.99. The summed E-state index contributed by atoms with van der Waals surface area (Å²) >= 11 is 0. The fourth-order valence-corrected chi connectivity index (χ4v) is 2.68. The molecule has 0 N–H and O–H groups in total. The van der Waals surface area contributed by atoms with E-state index in [0.717, 1.165) is 34.5 Å². The smallest absolute Gasteiger partial charge is 0.162 e. The Morgan fingerprint density at radius 2 is 1.78 bits per heavy atom. The Kier molecular flexibility index (Phi) is 4.56. The van der Waals surface area contributed by atoms with Gasteiger partial charge in [0.2, 0.25) is 0 Å². The SMILES string of the molecule is COc1cc2c(ccn2C[C](C)C)cc1OCc1ccccc1. The van der Waals surface area contributed by atoms with E-state index in [1.165, 1.54) is 5.92 Å². The van der Waals surface area contributed by atoms with Crippen LogP contribution in [0.5, 0.6) is 11.5 Å². The first-order valence-electron chi connectivity index (χ1n) is 7.80. The normalized spacial score (nSPS) is 11.1. The molecular formula is C20H22NO2. The van der Waals surface area contributed by atoms with Crippen molar-refractivity contribution in [3.63, 3.8) is 0 Å². The summed E-state index contributed by atoms with van der Waals surface area (Å²) in [6.07, 6.45) is 2.11. The molecule has 0 spiro atoms. The molecule has 0 aliphatic heterocycles. The van der Waals surface area contributed by atoms with E-state index in [4.69, 9.17) is 9.47 Å². The van der Waals surface area contributed by atoms with Crippen LogP contribution in [0.1, 0.15) is 19.4 Å². The Hall–Kier alpha value is -2.42. The van der Waals surface area contributed by atoms with Crippen LogP contribution in [0.3, 0.4) is 0 Å². The third kappa shape index (κ3) is 3.50. The summed E-state index contributed by atoms with van der Waals surface area (Å²) in [6, 6.07) is 16.4. The maximum atomic E-state index is 5.97. The van der Waals surface area contributed by atoms with Crippen LogP contribution >= 0.6 is 0 Å². The Morgan fingerprint density at radius 1 is 1.00 bits per heavy atom. The first-order chi connectivity index (χ1) is 11.2. The quantitative estimate of drug-likeness (QED) is 0.650. The Bertz CT molecular complexity index is 775. The van der Waals surface area contributed by atoms with Crippen molar-refractivity contribution in [1.82, 2.24) is 4.57 Å². The molecule has 1 heterocycles. The van der Waals surface area contributed by atoms with Crippen LogP contribution in [-0.4, -0.2) is 11.7 Å². The van der Waals surface area contributed by atoms with Crippen molar-refractivity contribution in [3.05, 3.63) is 66.2 Å². The Labute approximate surface area is 137 Å². The molecule has 1 aromatic heterocycles. The largest absolute Gasteiger partial charge is 0.493 e. The van der Waals surface area contributed by atoms with Gasteiger partial charge in [-0.05, 0) is 23.6 Å². The molecule has 23 heavy (non-hydrogen) atoms. The molecule has 2 aromatic carbocycles. The standard InChI is InChI=1S/C20H22NO2/c1-15(2)13-21-10-9-17-11-20(19(22-3)12-18(17)21)23-14-16-7-5-4-6-8-16/h4-12H,13-14H2,1-3H3. The summed E-state index contributed by atoms with van der Waals surface area (Å²) < 4.78 is 13.7. The van der Waals surface area contributed by atoms with Gasteiger partial charge in [0.25, 0.3) is 0 Å². The van der Waals surface area contributed by atoms with Gasteiger partial charge in [-0.15, -0.1) is 0 Å². The number of hydrogen-bond acceptors (Lipinski definition) is 2. The first-order valence-corrected chi connectivity index (χ1v) is 7.80. The van der Waals surface area contributed by atoms with Gasteiger partial charge in [0.05, 0.1) is 12.6 Å². The van der Waals surface area contributed by atoms with E-state index in [2.05, 4.69) is 54.9 Å². The average molecular weight is 308 g/mol. The highest BCUT2D eigenvalue weighted by Crippen LogP contribution is 2.33. The molecule has 119 valence electrons. The molecule has 0 aliphatic carbocycles. The minimum atomic E-state index is 0.533. The third-order valence-electron chi connectivity index (χ3n) is 3.78. The highest BCUT2D eigenvalue weighted by Gasteiger charge is 2.11. The Balaban J connectivity index is 1.88. The van der Waals surface area contributed by atoms with Crippen LogP contribution in [0.25, 0.3) is 10.9 Å². The molecule has 1 radical (unpaired) electrons.